The number of carbonyl (C=O) groups is 1. The Kier molecular flexibility index (Phi) is 8.43. The maximum absolute atomic E-state index is 11.8. The molecule has 0 aromatic rings. The molecule has 0 aliphatic carbocycles. The van der Waals surface area contributed by atoms with E-state index in [1.807, 2.05) is 13.8 Å². The first kappa shape index (κ1) is 15.9. The summed E-state index contributed by atoms with van der Waals surface area (Å²) in [7, 11) is 0. The van der Waals surface area contributed by atoms with Crippen molar-refractivity contribution in [2.24, 2.45) is 5.92 Å². The number of esters is 1. The molecule has 98 valence electrons. The second kappa shape index (κ2) is 9.00. The Labute approximate surface area is 105 Å². The summed E-state index contributed by atoms with van der Waals surface area (Å²) < 4.78 is 5.07. The van der Waals surface area contributed by atoms with Gasteiger partial charge >= 0.3 is 5.97 Å². The first-order chi connectivity index (χ1) is 8.06. The standard InChI is InChI=1S/C13H24N2O2/c1-5-12(13(16)17-6-2)15(9-7-8-14)10-11(3)4/h11-12H,5-7,9-10H2,1-4H3. The average Bonchev–Trinajstić information content (AvgIpc) is 2.26. The van der Waals surface area contributed by atoms with E-state index in [2.05, 4.69) is 24.8 Å². The quantitative estimate of drug-likeness (QED) is 0.610. The summed E-state index contributed by atoms with van der Waals surface area (Å²) in [6, 6.07) is 1.91. The molecule has 0 heterocycles. The van der Waals surface area contributed by atoms with Gasteiger partial charge in [0.15, 0.2) is 0 Å². The largest absolute Gasteiger partial charge is 0.465 e. The predicted octanol–water partition coefficient (Wildman–Crippen LogP) is 2.20. The number of ether oxygens (including phenoxy) is 1. The Bertz CT molecular complexity index is 259. The van der Waals surface area contributed by atoms with E-state index in [1.54, 1.807) is 0 Å². The molecule has 4 nitrogen and oxygen atoms in total. The van der Waals surface area contributed by atoms with E-state index in [0.717, 1.165) is 13.0 Å². The van der Waals surface area contributed by atoms with Crippen LogP contribution in [-0.2, 0) is 9.53 Å². The van der Waals surface area contributed by atoms with Crippen molar-refractivity contribution in [2.45, 2.75) is 46.6 Å². The van der Waals surface area contributed by atoms with E-state index in [-0.39, 0.29) is 12.0 Å². The molecule has 0 aliphatic heterocycles. The predicted molar refractivity (Wildman–Crippen MR) is 67.4 cm³/mol. The fourth-order valence-corrected chi connectivity index (χ4v) is 1.85. The third kappa shape index (κ3) is 6.28. The molecule has 1 atom stereocenters. The zero-order valence-corrected chi connectivity index (χ0v) is 11.4. The molecule has 17 heavy (non-hydrogen) atoms. The normalized spacial score (nSPS) is 12.5. The van der Waals surface area contributed by atoms with Crippen molar-refractivity contribution in [1.82, 2.24) is 4.90 Å². The van der Waals surface area contributed by atoms with Crippen LogP contribution in [0.5, 0.6) is 0 Å². The maximum atomic E-state index is 11.8. The monoisotopic (exact) mass is 240 g/mol. The number of nitrogens with zero attached hydrogens (tertiary/aromatic N) is 2. The van der Waals surface area contributed by atoms with Gasteiger partial charge in [-0.05, 0) is 19.3 Å². The summed E-state index contributed by atoms with van der Waals surface area (Å²) in [6.07, 6.45) is 1.17. The van der Waals surface area contributed by atoms with Gasteiger partial charge in [0.2, 0.25) is 0 Å². The molecule has 0 aromatic heterocycles. The first-order valence-electron chi connectivity index (χ1n) is 6.34. The lowest BCUT2D eigenvalue weighted by Gasteiger charge is -2.30. The van der Waals surface area contributed by atoms with Crippen LogP contribution in [0.25, 0.3) is 0 Å². The van der Waals surface area contributed by atoms with Gasteiger partial charge in [-0.3, -0.25) is 9.69 Å². The van der Waals surface area contributed by atoms with E-state index in [1.165, 1.54) is 0 Å². The van der Waals surface area contributed by atoms with Crippen molar-refractivity contribution >= 4 is 5.97 Å². The van der Waals surface area contributed by atoms with Gasteiger partial charge in [0, 0.05) is 19.5 Å². The summed E-state index contributed by atoms with van der Waals surface area (Å²) in [5, 5.41) is 8.65. The second-order valence-electron chi connectivity index (χ2n) is 4.47. The van der Waals surface area contributed by atoms with Crippen molar-refractivity contribution in [3.63, 3.8) is 0 Å². The lowest BCUT2D eigenvalue weighted by molar-refractivity contribution is -0.149. The van der Waals surface area contributed by atoms with Crippen LogP contribution < -0.4 is 0 Å². The molecule has 0 radical (unpaired) electrons. The molecule has 0 bridgehead atoms. The molecule has 0 saturated heterocycles. The van der Waals surface area contributed by atoms with Crippen LogP contribution in [-0.4, -0.2) is 36.6 Å². The maximum Gasteiger partial charge on any atom is 0.323 e. The van der Waals surface area contributed by atoms with Gasteiger partial charge in [-0.2, -0.15) is 5.26 Å². The minimum Gasteiger partial charge on any atom is -0.465 e. The number of hydrogen-bond donors (Lipinski definition) is 0. The smallest absolute Gasteiger partial charge is 0.323 e. The number of rotatable bonds is 8. The zero-order chi connectivity index (χ0) is 13.3. The number of hydrogen-bond acceptors (Lipinski definition) is 4. The third-order valence-corrected chi connectivity index (χ3v) is 2.50. The molecule has 0 fully saturated rings. The summed E-state index contributed by atoms with van der Waals surface area (Å²) in [5.41, 5.74) is 0. The van der Waals surface area contributed by atoms with Crippen molar-refractivity contribution in [1.29, 1.82) is 5.26 Å². The summed E-state index contributed by atoms with van der Waals surface area (Å²) in [6.45, 7) is 9.86. The first-order valence-corrected chi connectivity index (χ1v) is 6.34. The molecule has 0 amide bonds. The van der Waals surface area contributed by atoms with Gasteiger partial charge in [-0.1, -0.05) is 20.8 Å². The topological polar surface area (TPSA) is 53.3 Å². The van der Waals surface area contributed by atoms with Crippen molar-refractivity contribution < 1.29 is 9.53 Å². The zero-order valence-electron chi connectivity index (χ0n) is 11.4. The fraction of sp³-hybridized carbons (Fsp3) is 0.846. The lowest BCUT2D eigenvalue weighted by atomic mass is 10.1. The Balaban J connectivity index is 4.59. The van der Waals surface area contributed by atoms with E-state index < -0.39 is 0 Å². The van der Waals surface area contributed by atoms with Crippen LogP contribution in [0.3, 0.4) is 0 Å². The van der Waals surface area contributed by atoms with Gasteiger partial charge in [0.05, 0.1) is 12.7 Å². The minimum atomic E-state index is -0.217. The number of nitriles is 1. The van der Waals surface area contributed by atoms with Crippen molar-refractivity contribution in [3.05, 3.63) is 0 Å². The van der Waals surface area contributed by atoms with Crippen LogP contribution in [0.1, 0.15) is 40.5 Å². The highest BCUT2D eigenvalue weighted by atomic mass is 16.5. The molecule has 1 unspecified atom stereocenters. The second-order valence-corrected chi connectivity index (χ2v) is 4.47. The molecule has 4 heteroatoms. The highest BCUT2D eigenvalue weighted by molar-refractivity contribution is 5.75. The molecular formula is C13H24N2O2. The Morgan fingerprint density at radius 1 is 1.41 bits per heavy atom. The van der Waals surface area contributed by atoms with Gasteiger partial charge in [-0.15, -0.1) is 0 Å². The van der Waals surface area contributed by atoms with Crippen molar-refractivity contribution in [2.75, 3.05) is 19.7 Å². The molecular weight excluding hydrogens is 216 g/mol. The molecule has 0 rings (SSSR count). The average molecular weight is 240 g/mol. The highest BCUT2D eigenvalue weighted by Crippen LogP contribution is 2.10. The molecule has 0 saturated carbocycles. The lowest BCUT2D eigenvalue weighted by Crippen LogP contribution is -2.44. The summed E-state index contributed by atoms with van der Waals surface area (Å²) in [5.74, 6) is 0.297. The van der Waals surface area contributed by atoms with Crippen LogP contribution in [0.2, 0.25) is 0 Å². The van der Waals surface area contributed by atoms with Crippen LogP contribution in [0.4, 0.5) is 0 Å². The number of carbonyl (C=O) groups excluding carboxylic acids is 1. The summed E-state index contributed by atoms with van der Waals surface area (Å²) >= 11 is 0. The molecule has 0 spiro atoms. The van der Waals surface area contributed by atoms with Crippen LogP contribution >= 0.6 is 0 Å². The Morgan fingerprint density at radius 3 is 2.47 bits per heavy atom. The van der Waals surface area contributed by atoms with Gasteiger partial charge in [-0.25, -0.2) is 0 Å². The van der Waals surface area contributed by atoms with Crippen molar-refractivity contribution in [3.8, 4) is 6.07 Å². The van der Waals surface area contributed by atoms with E-state index in [0.29, 0.717) is 25.5 Å². The summed E-state index contributed by atoms with van der Waals surface area (Å²) in [4.78, 5) is 13.9. The molecule has 0 aliphatic rings. The molecule has 0 N–H and O–H groups in total. The van der Waals surface area contributed by atoms with E-state index >= 15 is 0 Å². The highest BCUT2D eigenvalue weighted by Gasteiger charge is 2.25. The van der Waals surface area contributed by atoms with E-state index in [9.17, 15) is 4.79 Å². The minimum absolute atomic E-state index is 0.173. The van der Waals surface area contributed by atoms with Crippen LogP contribution in [0.15, 0.2) is 0 Å². The Hall–Kier alpha value is -1.08. The van der Waals surface area contributed by atoms with Crippen LogP contribution in [0, 0.1) is 17.2 Å². The molecule has 0 aromatic carbocycles. The third-order valence-electron chi connectivity index (χ3n) is 2.50. The fourth-order valence-electron chi connectivity index (χ4n) is 1.85. The van der Waals surface area contributed by atoms with Gasteiger partial charge in [0.25, 0.3) is 0 Å². The van der Waals surface area contributed by atoms with Gasteiger partial charge < -0.3 is 4.74 Å². The SMILES string of the molecule is CCOC(=O)C(CC)N(CCC#N)CC(C)C. The van der Waals surface area contributed by atoms with Gasteiger partial charge in [0.1, 0.15) is 6.04 Å². The Morgan fingerprint density at radius 2 is 2.06 bits per heavy atom. The van der Waals surface area contributed by atoms with E-state index in [4.69, 9.17) is 10.00 Å².